The second-order valence-corrected chi connectivity index (χ2v) is 13.6. The van der Waals surface area contributed by atoms with Gasteiger partial charge >= 0.3 is 0 Å². The van der Waals surface area contributed by atoms with Crippen molar-refractivity contribution in [1.82, 2.24) is 4.98 Å². The summed E-state index contributed by atoms with van der Waals surface area (Å²) in [5.74, 6) is 0.763. The van der Waals surface area contributed by atoms with Gasteiger partial charge in [-0.25, -0.2) is 0 Å². The van der Waals surface area contributed by atoms with E-state index in [1.807, 2.05) is 42.2 Å². The van der Waals surface area contributed by atoms with Crippen LogP contribution in [0.2, 0.25) is 0 Å². The summed E-state index contributed by atoms with van der Waals surface area (Å²) in [5.41, 5.74) is 2.65. The Kier molecular flexibility index (Phi) is 5.42. The lowest BCUT2D eigenvalue weighted by molar-refractivity contribution is 0.621. The van der Waals surface area contributed by atoms with Crippen molar-refractivity contribution in [3.05, 3.63) is 36.0 Å². The van der Waals surface area contributed by atoms with Crippen molar-refractivity contribution in [2.75, 3.05) is 0 Å². The predicted molar refractivity (Wildman–Crippen MR) is 107 cm³/mol. The van der Waals surface area contributed by atoms with Crippen LogP contribution in [-0.4, -0.2) is 9.57 Å². The number of fused-ring (bicyclic) bond motifs is 1. The minimum atomic E-state index is 0.0909. The molecule has 3 rings (SSSR count). The van der Waals surface area contributed by atoms with Crippen molar-refractivity contribution in [2.24, 2.45) is 5.92 Å². The average Bonchev–Trinajstić information content (AvgIpc) is 2.80. The van der Waals surface area contributed by atoms with E-state index in [2.05, 4.69) is 67.0 Å². The zero-order valence-corrected chi connectivity index (χ0v) is 16.4. The van der Waals surface area contributed by atoms with Crippen molar-refractivity contribution < 1.29 is 0 Å². The number of aromatic amines is 1. The first-order chi connectivity index (χ1) is 10.1. The molecule has 1 aromatic carbocycles. The molecule has 1 aliphatic heterocycles. The van der Waals surface area contributed by atoms with Gasteiger partial charge < -0.3 is 4.98 Å². The molecule has 1 N–H and O–H groups in total. The standard InChI is InChI=1S/C15H19NS5/c1-10(2)8-14-17-19-15(3,20-21-18-14)12-9-16-13-7-5-4-6-11(12)13/h4-7,9-10,14,16H,8H2,1-3H3. The molecule has 1 fully saturated rings. The van der Waals surface area contributed by atoms with E-state index >= 15 is 0 Å². The quantitative estimate of drug-likeness (QED) is 0.574. The Bertz CT molecular complexity index is 611. The lowest BCUT2D eigenvalue weighted by atomic mass is 10.1. The van der Waals surface area contributed by atoms with Gasteiger partial charge in [0, 0.05) is 22.7 Å². The van der Waals surface area contributed by atoms with Crippen LogP contribution < -0.4 is 0 Å². The molecule has 2 unspecified atom stereocenters. The van der Waals surface area contributed by atoms with Gasteiger partial charge in [0.1, 0.15) is 4.08 Å². The molecule has 0 aliphatic carbocycles. The van der Waals surface area contributed by atoms with Crippen LogP contribution in [0.1, 0.15) is 32.8 Å². The Hall–Kier alpha value is 0.510. The smallest absolute Gasteiger partial charge is 0.107 e. The van der Waals surface area contributed by atoms with E-state index in [0.717, 1.165) is 5.92 Å². The summed E-state index contributed by atoms with van der Waals surface area (Å²) in [6.07, 6.45) is 3.47. The molecule has 21 heavy (non-hydrogen) atoms. The van der Waals surface area contributed by atoms with Crippen LogP contribution in [-0.2, 0) is 4.08 Å². The van der Waals surface area contributed by atoms with E-state index in [-0.39, 0.29) is 4.08 Å². The third-order valence-corrected chi connectivity index (χ3v) is 13.4. The molecule has 0 spiro atoms. The molecule has 1 nitrogen and oxygen atoms in total. The summed E-state index contributed by atoms with van der Waals surface area (Å²) < 4.78 is 0.771. The number of aromatic nitrogens is 1. The van der Waals surface area contributed by atoms with Crippen LogP contribution in [0.5, 0.6) is 0 Å². The van der Waals surface area contributed by atoms with Crippen LogP contribution in [0.15, 0.2) is 30.5 Å². The molecule has 1 saturated heterocycles. The third-order valence-electron chi connectivity index (χ3n) is 3.40. The lowest BCUT2D eigenvalue weighted by Gasteiger charge is -2.24. The molecular formula is C15H19NS5. The molecule has 0 radical (unpaired) electrons. The van der Waals surface area contributed by atoms with Gasteiger partial charge in [0.15, 0.2) is 0 Å². The van der Waals surface area contributed by atoms with Crippen LogP contribution in [0.4, 0.5) is 0 Å². The van der Waals surface area contributed by atoms with E-state index in [4.69, 9.17) is 0 Å². The lowest BCUT2D eigenvalue weighted by Crippen LogP contribution is -2.08. The SMILES string of the molecule is CC(C)CC1SSSC(C)(c2c[nH]c3ccccc23)SS1. The third kappa shape index (κ3) is 3.71. The molecule has 6 heteroatoms. The van der Waals surface area contributed by atoms with E-state index in [1.165, 1.54) is 22.9 Å². The predicted octanol–water partition coefficient (Wildman–Crippen LogP) is 7.14. The molecule has 1 aromatic heterocycles. The number of rotatable bonds is 3. The van der Waals surface area contributed by atoms with Gasteiger partial charge in [0.25, 0.3) is 0 Å². The maximum Gasteiger partial charge on any atom is 0.107 e. The van der Waals surface area contributed by atoms with Crippen LogP contribution >= 0.6 is 53.0 Å². The molecule has 0 bridgehead atoms. The van der Waals surface area contributed by atoms with Crippen LogP contribution in [0.25, 0.3) is 10.9 Å². The molecule has 0 saturated carbocycles. The summed E-state index contributed by atoms with van der Waals surface area (Å²) in [7, 11) is 10.1. The van der Waals surface area contributed by atoms with Gasteiger partial charge in [0.2, 0.25) is 0 Å². The van der Waals surface area contributed by atoms with Crippen molar-refractivity contribution in [3.8, 4) is 0 Å². The van der Waals surface area contributed by atoms with Crippen molar-refractivity contribution in [1.29, 1.82) is 0 Å². The number of H-pyrrole nitrogens is 1. The van der Waals surface area contributed by atoms with E-state index < -0.39 is 0 Å². The summed E-state index contributed by atoms with van der Waals surface area (Å²) >= 11 is 0. The van der Waals surface area contributed by atoms with E-state index in [1.54, 1.807) is 0 Å². The van der Waals surface area contributed by atoms with Gasteiger partial charge in [-0.15, -0.1) is 0 Å². The van der Waals surface area contributed by atoms with Gasteiger partial charge in [0.05, 0.1) is 4.58 Å². The van der Waals surface area contributed by atoms with Crippen molar-refractivity contribution in [3.63, 3.8) is 0 Å². The minimum absolute atomic E-state index is 0.0909. The van der Waals surface area contributed by atoms with E-state index in [0.29, 0.717) is 4.58 Å². The summed E-state index contributed by atoms with van der Waals surface area (Å²) in [6, 6.07) is 8.61. The maximum atomic E-state index is 3.42. The van der Waals surface area contributed by atoms with Crippen molar-refractivity contribution >= 4 is 63.9 Å². The Morgan fingerprint density at radius 1 is 1.19 bits per heavy atom. The zero-order valence-electron chi connectivity index (χ0n) is 12.3. The number of hydrogen-bond acceptors (Lipinski definition) is 5. The summed E-state index contributed by atoms with van der Waals surface area (Å²) in [4.78, 5) is 3.42. The molecule has 114 valence electrons. The summed E-state index contributed by atoms with van der Waals surface area (Å²) in [6.45, 7) is 6.98. The normalized spacial score (nSPS) is 27.1. The highest BCUT2D eigenvalue weighted by molar-refractivity contribution is 9.13. The Morgan fingerprint density at radius 2 is 2.00 bits per heavy atom. The number of hydrogen-bond donors (Lipinski definition) is 1. The fourth-order valence-electron chi connectivity index (χ4n) is 2.30. The fourth-order valence-corrected chi connectivity index (χ4v) is 14.0. The molecule has 1 aliphatic rings. The first kappa shape index (κ1) is 16.4. The van der Waals surface area contributed by atoms with Gasteiger partial charge in [-0.1, -0.05) is 75.2 Å². The molecule has 2 heterocycles. The average molecular weight is 374 g/mol. The Labute approximate surface area is 146 Å². The number of para-hydroxylation sites is 1. The molecule has 2 aromatic rings. The number of benzene rings is 1. The highest BCUT2D eigenvalue weighted by Gasteiger charge is 2.36. The molecular weight excluding hydrogens is 355 g/mol. The maximum absolute atomic E-state index is 3.42. The van der Waals surface area contributed by atoms with Gasteiger partial charge in [-0.2, -0.15) is 0 Å². The van der Waals surface area contributed by atoms with Gasteiger partial charge in [-0.05, 0) is 35.2 Å². The second kappa shape index (κ2) is 6.95. The highest BCUT2D eigenvalue weighted by atomic mass is 33.5. The minimum Gasteiger partial charge on any atom is -0.361 e. The highest BCUT2D eigenvalue weighted by Crippen LogP contribution is 2.66. The Morgan fingerprint density at radius 3 is 2.81 bits per heavy atom. The van der Waals surface area contributed by atoms with Crippen molar-refractivity contribution in [2.45, 2.75) is 35.9 Å². The monoisotopic (exact) mass is 373 g/mol. The second-order valence-electron chi connectivity index (χ2n) is 5.68. The number of nitrogens with one attached hydrogen (secondary N) is 1. The first-order valence-electron chi connectivity index (χ1n) is 7.01. The van der Waals surface area contributed by atoms with E-state index in [9.17, 15) is 0 Å². The van der Waals surface area contributed by atoms with Crippen LogP contribution in [0.3, 0.4) is 0 Å². The van der Waals surface area contributed by atoms with Crippen LogP contribution in [0, 0.1) is 5.92 Å². The first-order valence-corrected chi connectivity index (χ1v) is 12.8. The zero-order chi connectivity index (χ0) is 14.9. The topological polar surface area (TPSA) is 15.8 Å². The largest absolute Gasteiger partial charge is 0.361 e. The molecule has 2 atom stereocenters. The van der Waals surface area contributed by atoms with Gasteiger partial charge in [-0.3, -0.25) is 0 Å². The molecule has 0 amide bonds. The fraction of sp³-hybridized carbons (Fsp3) is 0.467. The Balaban J connectivity index is 1.84. The summed E-state index contributed by atoms with van der Waals surface area (Å²) in [5, 5.41) is 1.36.